The molecule has 1 heterocycles. The molecule has 0 aliphatic heterocycles. The van der Waals surface area contributed by atoms with Crippen molar-refractivity contribution in [3.8, 4) is 0 Å². The molecule has 120 valence electrons. The van der Waals surface area contributed by atoms with Crippen LogP contribution in [0.1, 0.15) is 29.1 Å². The molecule has 1 aromatic heterocycles. The third kappa shape index (κ3) is 5.23. The maximum atomic E-state index is 12.1. The molecule has 0 bridgehead atoms. The summed E-state index contributed by atoms with van der Waals surface area (Å²) in [5, 5.41) is 8.78. The number of anilines is 2. The molecular weight excluding hydrogens is 314 g/mol. The Bertz CT molecular complexity index is 722. The Kier molecular flexibility index (Phi) is 5.48. The number of hydrogen-bond acceptors (Lipinski definition) is 4. The summed E-state index contributed by atoms with van der Waals surface area (Å²) < 4.78 is 0. The average molecular weight is 331 g/mol. The van der Waals surface area contributed by atoms with Crippen molar-refractivity contribution in [2.45, 2.75) is 20.4 Å². The van der Waals surface area contributed by atoms with Crippen molar-refractivity contribution in [2.24, 2.45) is 0 Å². The van der Waals surface area contributed by atoms with Gasteiger partial charge in [0.2, 0.25) is 11.8 Å². The van der Waals surface area contributed by atoms with Crippen molar-refractivity contribution in [2.75, 3.05) is 10.6 Å². The first-order valence-electron chi connectivity index (χ1n) is 6.96. The van der Waals surface area contributed by atoms with Gasteiger partial charge >= 0.3 is 0 Å². The Morgan fingerprint density at radius 2 is 1.57 bits per heavy atom. The SMILES string of the molecule is CC(=O)Nc1ccc(CNC(=O)c2ccc(NC(C)=O)s2)cc1. The number of carbonyl (C=O) groups is 3. The molecule has 2 rings (SSSR count). The maximum absolute atomic E-state index is 12.1. The molecule has 0 spiro atoms. The maximum Gasteiger partial charge on any atom is 0.261 e. The standard InChI is InChI=1S/C16H17N3O3S/c1-10(20)18-13-5-3-12(4-6-13)9-17-16(22)14-7-8-15(23-14)19-11(2)21/h3-8H,9H2,1-2H3,(H,17,22)(H,18,20)(H,19,21). The van der Waals surface area contributed by atoms with Crippen molar-refractivity contribution in [1.82, 2.24) is 5.32 Å². The molecule has 0 unspecified atom stereocenters. The van der Waals surface area contributed by atoms with Crippen molar-refractivity contribution >= 4 is 39.7 Å². The van der Waals surface area contributed by atoms with Gasteiger partial charge in [-0.3, -0.25) is 14.4 Å². The second kappa shape index (κ2) is 7.55. The van der Waals surface area contributed by atoms with E-state index >= 15 is 0 Å². The van der Waals surface area contributed by atoms with Crippen LogP contribution in [0.3, 0.4) is 0 Å². The number of rotatable bonds is 5. The lowest BCUT2D eigenvalue weighted by Gasteiger charge is -2.06. The van der Waals surface area contributed by atoms with Gasteiger partial charge in [-0.25, -0.2) is 0 Å². The molecule has 2 aromatic rings. The molecule has 0 saturated heterocycles. The van der Waals surface area contributed by atoms with Crippen LogP contribution in [0.5, 0.6) is 0 Å². The summed E-state index contributed by atoms with van der Waals surface area (Å²) in [6.07, 6.45) is 0. The lowest BCUT2D eigenvalue weighted by molar-refractivity contribution is -0.115. The van der Waals surface area contributed by atoms with E-state index in [1.54, 1.807) is 24.3 Å². The first kappa shape index (κ1) is 16.7. The summed E-state index contributed by atoms with van der Waals surface area (Å²) in [6.45, 7) is 3.25. The molecule has 0 saturated carbocycles. The minimum Gasteiger partial charge on any atom is -0.347 e. The first-order chi connectivity index (χ1) is 10.9. The van der Waals surface area contributed by atoms with Crippen LogP contribution in [0, 0.1) is 0 Å². The van der Waals surface area contributed by atoms with Crippen molar-refractivity contribution in [3.63, 3.8) is 0 Å². The third-order valence-electron chi connectivity index (χ3n) is 2.86. The van der Waals surface area contributed by atoms with Crippen LogP contribution in [-0.4, -0.2) is 17.7 Å². The fourth-order valence-electron chi connectivity index (χ4n) is 1.88. The van der Waals surface area contributed by atoms with E-state index in [4.69, 9.17) is 0 Å². The number of carbonyl (C=O) groups excluding carboxylic acids is 3. The van der Waals surface area contributed by atoms with E-state index in [9.17, 15) is 14.4 Å². The highest BCUT2D eigenvalue weighted by Crippen LogP contribution is 2.21. The van der Waals surface area contributed by atoms with Crippen LogP contribution in [0.15, 0.2) is 36.4 Å². The van der Waals surface area contributed by atoms with E-state index in [2.05, 4.69) is 16.0 Å². The largest absolute Gasteiger partial charge is 0.347 e. The van der Waals surface area contributed by atoms with E-state index in [1.807, 2.05) is 12.1 Å². The summed E-state index contributed by atoms with van der Waals surface area (Å²) in [5.41, 5.74) is 1.64. The lowest BCUT2D eigenvalue weighted by atomic mass is 10.2. The highest BCUT2D eigenvalue weighted by Gasteiger charge is 2.09. The van der Waals surface area contributed by atoms with Crippen LogP contribution in [0.25, 0.3) is 0 Å². The predicted octanol–water partition coefficient (Wildman–Crippen LogP) is 2.59. The summed E-state index contributed by atoms with van der Waals surface area (Å²) in [7, 11) is 0. The zero-order valence-corrected chi connectivity index (χ0v) is 13.6. The van der Waals surface area contributed by atoms with Gasteiger partial charge in [0.25, 0.3) is 5.91 Å². The molecule has 0 radical (unpaired) electrons. The smallest absolute Gasteiger partial charge is 0.261 e. The van der Waals surface area contributed by atoms with Crippen molar-refractivity contribution in [3.05, 3.63) is 46.8 Å². The van der Waals surface area contributed by atoms with E-state index in [0.29, 0.717) is 22.1 Å². The lowest BCUT2D eigenvalue weighted by Crippen LogP contribution is -2.21. The highest BCUT2D eigenvalue weighted by molar-refractivity contribution is 7.18. The van der Waals surface area contributed by atoms with Gasteiger partial charge in [-0.05, 0) is 29.8 Å². The summed E-state index contributed by atoms with van der Waals surface area (Å²) in [4.78, 5) is 34.5. The van der Waals surface area contributed by atoms with Crippen LogP contribution < -0.4 is 16.0 Å². The Balaban J connectivity index is 1.89. The number of amides is 3. The van der Waals surface area contributed by atoms with Gasteiger partial charge in [-0.2, -0.15) is 0 Å². The van der Waals surface area contributed by atoms with Gasteiger partial charge in [0.15, 0.2) is 0 Å². The minimum absolute atomic E-state index is 0.126. The van der Waals surface area contributed by atoms with Crippen molar-refractivity contribution in [1.29, 1.82) is 0 Å². The molecule has 23 heavy (non-hydrogen) atoms. The van der Waals surface area contributed by atoms with E-state index in [1.165, 1.54) is 25.2 Å². The van der Waals surface area contributed by atoms with E-state index in [-0.39, 0.29) is 17.7 Å². The van der Waals surface area contributed by atoms with Gasteiger partial charge in [0.05, 0.1) is 9.88 Å². The summed E-state index contributed by atoms with van der Waals surface area (Å²) >= 11 is 1.22. The molecule has 0 atom stereocenters. The summed E-state index contributed by atoms with van der Waals surface area (Å²) in [5.74, 6) is -0.491. The Hall–Kier alpha value is -2.67. The zero-order chi connectivity index (χ0) is 16.8. The monoisotopic (exact) mass is 331 g/mol. The van der Waals surface area contributed by atoms with Crippen LogP contribution in [0.2, 0.25) is 0 Å². The van der Waals surface area contributed by atoms with Crippen LogP contribution >= 0.6 is 11.3 Å². The quantitative estimate of drug-likeness (QED) is 0.787. The topological polar surface area (TPSA) is 87.3 Å². The second-order valence-electron chi connectivity index (χ2n) is 4.91. The number of nitrogens with one attached hydrogen (secondary N) is 3. The number of hydrogen-bond donors (Lipinski definition) is 3. The number of thiophene rings is 1. The fourth-order valence-corrected chi connectivity index (χ4v) is 2.75. The Labute approximate surface area is 137 Å². The molecule has 0 aliphatic carbocycles. The van der Waals surface area contributed by atoms with Gasteiger partial charge in [-0.1, -0.05) is 12.1 Å². The fraction of sp³-hybridized carbons (Fsp3) is 0.188. The molecule has 3 N–H and O–H groups in total. The van der Waals surface area contributed by atoms with Gasteiger partial charge < -0.3 is 16.0 Å². The Morgan fingerprint density at radius 1 is 0.913 bits per heavy atom. The van der Waals surface area contributed by atoms with E-state index in [0.717, 1.165) is 5.56 Å². The second-order valence-corrected chi connectivity index (χ2v) is 5.99. The molecule has 1 aromatic carbocycles. The van der Waals surface area contributed by atoms with Crippen LogP contribution in [-0.2, 0) is 16.1 Å². The van der Waals surface area contributed by atoms with Crippen LogP contribution in [0.4, 0.5) is 10.7 Å². The molecule has 0 aliphatic rings. The first-order valence-corrected chi connectivity index (χ1v) is 7.78. The number of benzene rings is 1. The van der Waals surface area contributed by atoms with Gasteiger partial charge in [0, 0.05) is 26.1 Å². The van der Waals surface area contributed by atoms with Crippen molar-refractivity contribution < 1.29 is 14.4 Å². The summed E-state index contributed by atoms with van der Waals surface area (Å²) in [6, 6.07) is 10.6. The molecule has 0 fully saturated rings. The van der Waals surface area contributed by atoms with Gasteiger partial charge in [-0.15, -0.1) is 11.3 Å². The molecule has 7 heteroatoms. The van der Waals surface area contributed by atoms with Gasteiger partial charge in [0.1, 0.15) is 0 Å². The molecule has 6 nitrogen and oxygen atoms in total. The molecular formula is C16H17N3O3S. The average Bonchev–Trinajstić information content (AvgIpc) is 2.93. The zero-order valence-electron chi connectivity index (χ0n) is 12.8. The minimum atomic E-state index is -0.197. The normalized spacial score (nSPS) is 10.0. The molecule has 3 amide bonds. The van der Waals surface area contributed by atoms with E-state index < -0.39 is 0 Å². The third-order valence-corrected chi connectivity index (χ3v) is 3.86. The highest BCUT2D eigenvalue weighted by atomic mass is 32.1. The predicted molar refractivity (Wildman–Crippen MR) is 90.5 cm³/mol. The Morgan fingerprint density at radius 3 is 2.17 bits per heavy atom.